The Kier molecular flexibility index (Phi) is 4.12. The largest absolute Gasteiger partial charge is 0.398 e. The molecule has 100 valence electrons. The van der Waals surface area contributed by atoms with Gasteiger partial charge in [0, 0.05) is 15.3 Å². The fraction of sp³-hybridized carbons (Fsp3) is 0.214. The molecule has 3 N–H and O–H groups in total. The summed E-state index contributed by atoms with van der Waals surface area (Å²) in [4.78, 5) is 14.4. The van der Waals surface area contributed by atoms with Crippen LogP contribution in [0.1, 0.15) is 25.7 Å². The van der Waals surface area contributed by atoms with E-state index in [-0.39, 0.29) is 5.91 Å². The van der Waals surface area contributed by atoms with Gasteiger partial charge in [-0.1, -0.05) is 11.6 Å². The summed E-state index contributed by atoms with van der Waals surface area (Å²) in [5.74, 6) is -0.146. The lowest BCUT2D eigenvalue weighted by Crippen LogP contribution is -2.22. The second kappa shape index (κ2) is 5.63. The lowest BCUT2D eigenvalue weighted by Gasteiger charge is -2.05. The van der Waals surface area contributed by atoms with Crippen LogP contribution in [-0.2, 0) is 6.54 Å². The molecular formula is C14H15ClN2OS. The molecule has 0 saturated carbocycles. The third-order valence-corrected chi connectivity index (χ3v) is 4.40. The van der Waals surface area contributed by atoms with E-state index < -0.39 is 0 Å². The normalized spacial score (nSPS) is 10.5. The van der Waals surface area contributed by atoms with Crippen molar-refractivity contribution in [3.8, 4) is 0 Å². The fourth-order valence-electron chi connectivity index (χ4n) is 1.69. The lowest BCUT2D eigenvalue weighted by molar-refractivity contribution is 0.0951. The number of carbonyl (C=O) groups excluding carboxylic acids is 1. The van der Waals surface area contributed by atoms with Gasteiger partial charge in [0.2, 0.25) is 0 Å². The molecule has 0 radical (unpaired) electrons. The minimum atomic E-state index is -0.146. The summed E-state index contributed by atoms with van der Waals surface area (Å²) in [6, 6.07) is 6.98. The van der Waals surface area contributed by atoms with Gasteiger partial charge in [-0.2, -0.15) is 0 Å². The highest BCUT2D eigenvalue weighted by molar-refractivity contribution is 7.12. The van der Waals surface area contributed by atoms with Gasteiger partial charge in [0.05, 0.1) is 17.3 Å². The smallest absolute Gasteiger partial charge is 0.251 e. The molecule has 2 rings (SSSR count). The Balaban J connectivity index is 2.03. The van der Waals surface area contributed by atoms with Crippen LogP contribution in [0.25, 0.3) is 0 Å². The third-order valence-electron chi connectivity index (χ3n) is 2.90. The van der Waals surface area contributed by atoms with Gasteiger partial charge < -0.3 is 11.1 Å². The fourth-order valence-corrected chi connectivity index (χ4v) is 2.80. The van der Waals surface area contributed by atoms with Crippen LogP contribution in [0.3, 0.4) is 0 Å². The number of anilines is 1. The van der Waals surface area contributed by atoms with E-state index in [9.17, 15) is 4.79 Å². The Morgan fingerprint density at radius 3 is 2.68 bits per heavy atom. The predicted molar refractivity (Wildman–Crippen MR) is 80.8 cm³/mol. The van der Waals surface area contributed by atoms with E-state index in [4.69, 9.17) is 17.3 Å². The molecule has 0 fully saturated rings. The van der Waals surface area contributed by atoms with Crippen LogP contribution in [-0.4, -0.2) is 5.91 Å². The molecule has 0 spiro atoms. The van der Waals surface area contributed by atoms with Crippen molar-refractivity contribution < 1.29 is 4.79 Å². The van der Waals surface area contributed by atoms with Crippen molar-refractivity contribution >= 4 is 34.5 Å². The first-order valence-electron chi connectivity index (χ1n) is 5.86. The van der Waals surface area contributed by atoms with Crippen LogP contribution in [0.2, 0.25) is 5.02 Å². The highest BCUT2D eigenvalue weighted by atomic mass is 35.5. The first-order chi connectivity index (χ1) is 8.97. The Hall–Kier alpha value is -1.52. The van der Waals surface area contributed by atoms with Gasteiger partial charge in [-0.05, 0) is 43.7 Å². The first-order valence-corrected chi connectivity index (χ1v) is 7.06. The number of benzene rings is 1. The van der Waals surface area contributed by atoms with Gasteiger partial charge in [0.15, 0.2) is 0 Å². The number of carbonyl (C=O) groups is 1. The van der Waals surface area contributed by atoms with E-state index in [2.05, 4.69) is 25.2 Å². The van der Waals surface area contributed by atoms with Gasteiger partial charge in [0.1, 0.15) is 0 Å². The lowest BCUT2D eigenvalue weighted by atomic mass is 10.2. The average molecular weight is 295 g/mol. The van der Waals surface area contributed by atoms with Crippen molar-refractivity contribution in [1.82, 2.24) is 5.32 Å². The maximum absolute atomic E-state index is 12.0. The van der Waals surface area contributed by atoms with Crippen molar-refractivity contribution in [2.24, 2.45) is 0 Å². The van der Waals surface area contributed by atoms with Crippen LogP contribution in [0.15, 0.2) is 24.3 Å². The average Bonchev–Trinajstić information content (AvgIpc) is 2.69. The number of rotatable bonds is 3. The van der Waals surface area contributed by atoms with E-state index >= 15 is 0 Å². The Bertz CT molecular complexity index is 602. The van der Waals surface area contributed by atoms with E-state index in [1.807, 2.05) is 0 Å². The van der Waals surface area contributed by atoms with E-state index in [1.165, 1.54) is 10.4 Å². The summed E-state index contributed by atoms with van der Waals surface area (Å²) in [6.45, 7) is 4.67. The van der Waals surface area contributed by atoms with E-state index in [0.717, 1.165) is 4.88 Å². The number of nitrogen functional groups attached to an aromatic ring is 1. The van der Waals surface area contributed by atoms with E-state index in [1.54, 1.807) is 29.5 Å². The molecule has 0 bridgehead atoms. The number of amides is 1. The summed E-state index contributed by atoms with van der Waals surface area (Å²) in [5.41, 5.74) is 7.87. The highest BCUT2D eigenvalue weighted by Crippen LogP contribution is 2.21. The molecular weight excluding hydrogens is 280 g/mol. The number of halogens is 1. The standard InChI is InChI=1S/C14H15ClN2OS/c1-8-5-11(19-9(8)2)7-17-14(18)10-3-4-12(15)13(16)6-10/h3-6H,7,16H2,1-2H3,(H,17,18). The second-order valence-electron chi connectivity index (χ2n) is 4.37. The molecule has 0 atom stereocenters. The molecule has 5 heteroatoms. The molecule has 1 aromatic carbocycles. The summed E-state index contributed by atoms with van der Waals surface area (Å²) < 4.78 is 0. The quantitative estimate of drug-likeness (QED) is 0.851. The van der Waals surface area contributed by atoms with Gasteiger partial charge in [-0.15, -0.1) is 11.3 Å². The Morgan fingerprint density at radius 2 is 2.11 bits per heavy atom. The molecule has 1 heterocycles. The zero-order valence-electron chi connectivity index (χ0n) is 10.8. The maximum atomic E-state index is 12.0. The maximum Gasteiger partial charge on any atom is 0.251 e. The molecule has 0 aliphatic heterocycles. The number of hydrogen-bond donors (Lipinski definition) is 2. The first kappa shape index (κ1) is 13.9. The molecule has 0 aliphatic carbocycles. The van der Waals surface area contributed by atoms with Crippen LogP contribution in [0.4, 0.5) is 5.69 Å². The monoisotopic (exact) mass is 294 g/mol. The molecule has 1 amide bonds. The van der Waals surface area contributed by atoms with Crippen LogP contribution < -0.4 is 11.1 Å². The zero-order valence-corrected chi connectivity index (χ0v) is 12.4. The molecule has 0 unspecified atom stereocenters. The van der Waals surface area contributed by atoms with Crippen molar-refractivity contribution in [3.05, 3.63) is 50.2 Å². The molecule has 19 heavy (non-hydrogen) atoms. The third kappa shape index (κ3) is 3.28. The van der Waals surface area contributed by atoms with Gasteiger partial charge in [-0.3, -0.25) is 4.79 Å². The van der Waals surface area contributed by atoms with E-state index in [0.29, 0.717) is 22.8 Å². The molecule has 0 aliphatic rings. The number of nitrogens with two attached hydrogens (primary N) is 1. The minimum absolute atomic E-state index is 0.146. The summed E-state index contributed by atoms with van der Waals surface area (Å²) >= 11 is 7.52. The van der Waals surface area contributed by atoms with Crippen molar-refractivity contribution in [1.29, 1.82) is 0 Å². The van der Waals surface area contributed by atoms with Gasteiger partial charge in [-0.25, -0.2) is 0 Å². The Labute approximate surface area is 121 Å². The molecule has 1 aromatic heterocycles. The molecule has 2 aromatic rings. The molecule has 3 nitrogen and oxygen atoms in total. The van der Waals surface area contributed by atoms with Crippen molar-refractivity contribution in [2.45, 2.75) is 20.4 Å². The highest BCUT2D eigenvalue weighted by Gasteiger charge is 2.08. The van der Waals surface area contributed by atoms with Crippen LogP contribution in [0, 0.1) is 13.8 Å². The van der Waals surface area contributed by atoms with Gasteiger partial charge >= 0.3 is 0 Å². The zero-order chi connectivity index (χ0) is 14.0. The SMILES string of the molecule is Cc1cc(CNC(=O)c2ccc(Cl)c(N)c2)sc1C. The van der Waals surface area contributed by atoms with Crippen LogP contribution in [0.5, 0.6) is 0 Å². The summed E-state index contributed by atoms with van der Waals surface area (Å²) in [5, 5.41) is 3.33. The second-order valence-corrected chi connectivity index (χ2v) is 6.12. The summed E-state index contributed by atoms with van der Waals surface area (Å²) in [7, 11) is 0. The minimum Gasteiger partial charge on any atom is -0.398 e. The predicted octanol–water partition coefficient (Wildman–Crippen LogP) is 3.53. The summed E-state index contributed by atoms with van der Waals surface area (Å²) in [6.07, 6.45) is 0. The number of nitrogens with one attached hydrogen (secondary N) is 1. The number of aryl methyl sites for hydroxylation is 2. The number of hydrogen-bond acceptors (Lipinski definition) is 3. The van der Waals surface area contributed by atoms with Crippen molar-refractivity contribution in [3.63, 3.8) is 0 Å². The topological polar surface area (TPSA) is 55.1 Å². The van der Waals surface area contributed by atoms with Crippen molar-refractivity contribution in [2.75, 3.05) is 5.73 Å². The van der Waals surface area contributed by atoms with Crippen LogP contribution >= 0.6 is 22.9 Å². The van der Waals surface area contributed by atoms with Gasteiger partial charge in [0.25, 0.3) is 5.91 Å². The molecule has 0 saturated heterocycles. The number of thiophene rings is 1. The Morgan fingerprint density at radius 1 is 1.37 bits per heavy atom.